The molecular formula is C21H23FN6O. The lowest BCUT2D eigenvalue weighted by Gasteiger charge is -2.28. The minimum absolute atomic E-state index is 0.0956. The molecule has 150 valence electrons. The van der Waals surface area contributed by atoms with Crippen molar-refractivity contribution in [2.45, 2.75) is 20.4 Å². The molecule has 0 spiro atoms. The molecule has 1 aliphatic rings. The number of benzene rings is 1. The number of aryl methyl sites for hydroxylation is 1. The van der Waals surface area contributed by atoms with Crippen LogP contribution in [0.25, 0.3) is 11.5 Å². The van der Waals surface area contributed by atoms with Crippen molar-refractivity contribution in [3.8, 4) is 11.5 Å². The quantitative estimate of drug-likeness (QED) is 0.670. The normalized spacial score (nSPS) is 14.2. The van der Waals surface area contributed by atoms with E-state index in [1.807, 2.05) is 36.1 Å². The molecule has 3 aromatic rings. The molecule has 0 unspecified atom stereocenters. The van der Waals surface area contributed by atoms with Gasteiger partial charge in [-0.2, -0.15) is 5.10 Å². The van der Waals surface area contributed by atoms with Crippen LogP contribution in [0.1, 0.15) is 28.5 Å². The fraction of sp³-hybridized carbons (Fsp3) is 0.333. The van der Waals surface area contributed by atoms with E-state index in [2.05, 4.69) is 20.4 Å². The molecule has 0 aliphatic carbocycles. The Hall–Kier alpha value is -3.13. The summed E-state index contributed by atoms with van der Waals surface area (Å²) in [6.07, 6.45) is 1.17. The van der Waals surface area contributed by atoms with Gasteiger partial charge in [-0.25, -0.2) is 14.4 Å². The minimum atomic E-state index is -0.457. The van der Waals surface area contributed by atoms with Crippen LogP contribution in [-0.4, -0.2) is 51.7 Å². The molecule has 29 heavy (non-hydrogen) atoms. The Balaban J connectivity index is 1.70. The summed E-state index contributed by atoms with van der Waals surface area (Å²) in [6, 6.07) is 9.65. The molecule has 1 saturated heterocycles. The van der Waals surface area contributed by atoms with Gasteiger partial charge < -0.3 is 10.2 Å². The average molecular weight is 394 g/mol. The van der Waals surface area contributed by atoms with E-state index in [-0.39, 0.29) is 11.6 Å². The van der Waals surface area contributed by atoms with Crippen molar-refractivity contribution in [2.75, 3.05) is 31.1 Å². The van der Waals surface area contributed by atoms with Crippen LogP contribution in [-0.2, 0) is 6.54 Å². The molecule has 0 saturated carbocycles. The number of Topliss-reactive ketones (excluding diaryl/α,β-unsaturated/α-hetero) is 1. The summed E-state index contributed by atoms with van der Waals surface area (Å²) in [5.74, 6) is 0.0313. The number of hydrogen-bond donors (Lipinski definition) is 1. The maximum atomic E-state index is 14.3. The fourth-order valence-corrected chi connectivity index (χ4v) is 3.46. The van der Waals surface area contributed by atoms with Crippen molar-refractivity contribution in [2.24, 2.45) is 0 Å². The molecule has 1 fully saturated rings. The number of nitrogens with zero attached hydrogens (tertiary/aromatic N) is 5. The number of rotatable bonds is 5. The standard InChI is InChI=1S/C21H23FN6O/c1-14-5-3-4-6-16(14)13-28-19(15(2)29)11-18(26-28)20-24-12-17(22)21(25-20)27-9-7-23-8-10-27/h3-6,11-12,23H,7-10,13H2,1-2H3. The second-order valence-corrected chi connectivity index (χ2v) is 7.16. The first-order chi connectivity index (χ1) is 14.0. The second-order valence-electron chi connectivity index (χ2n) is 7.16. The van der Waals surface area contributed by atoms with E-state index >= 15 is 0 Å². The topological polar surface area (TPSA) is 75.9 Å². The van der Waals surface area contributed by atoms with Gasteiger partial charge >= 0.3 is 0 Å². The van der Waals surface area contributed by atoms with Crippen molar-refractivity contribution in [1.29, 1.82) is 0 Å². The first-order valence-electron chi connectivity index (χ1n) is 9.65. The summed E-state index contributed by atoms with van der Waals surface area (Å²) in [4.78, 5) is 22.6. The van der Waals surface area contributed by atoms with Gasteiger partial charge in [0.25, 0.3) is 0 Å². The van der Waals surface area contributed by atoms with Gasteiger partial charge in [-0.3, -0.25) is 9.48 Å². The van der Waals surface area contributed by atoms with E-state index in [0.717, 1.165) is 24.2 Å². The number of carbonyl (C=O) groups is 1. The third kappa shape index (κ3) is 4.02. The summed E-state index contributed by atoms with van der Waals surface area (Å²) in [5, 5.41) is 7.81. The van der Waals surface area contributed by atoms with E-state index in [1.165, 1.54) is 13.1 Å². The number of nitrogens with one attached hydrogen (secondary N) is 1. The number of anilines is 1. The molecule has 0 atom stereocenters. The molecule has 8 heteroatoms. The Morgan fingerprint density at radius 2 is 2.00 bits per heavy atom. The number of aromatic nitrogens is 4. The highest BCUT2D eigenvalue weighted by molar-refractivity contribution is 5.93. The summed E-state index contributed by atoms with van der Waals surface area (Å²) in [7, 11) is 0. The smallest absolute Gasteiger partial charge is 0.183 e. The zero-order valence-electron chi connectivity index (χ0n) is 16.5. The highest BCUT2D eigenvalue weighted by Gasteiger charge is 2.20. The third-order valence-corrected chi connectivity index (χ3v) is 5.09. The molecular weight excluding hydrogens is 371 g/mol. The lowest BCUT2D eigenvalue weighted by molar-refractivity contribution is 0.100. The van der Waals surface area contributed by atoms with Gasteiger partial charge in [-0.1, -0.05) is 24.3 Å². The molecule has 1 N–H and O–H groups in total. The molecule has 0 amide bonds. The van der Waals surface area contributed by atoms with Gasteiger partial charge in [-0.15, -0.1) is 0 Å². The van der Waals surface area contributed by atoms with E-state index in [1.54, 1.807) is 10.7 Å². The van der Waals surface area contributed by atoms with Gasteiger partial charge in [0, 0.05) is 33.1 Å². The summed E-state index contributed by atoms with van der Waals surface area (Å²) in [5.41, 5.74) is 3.13. The highest BCUT2D eigenvalue weighted by Crippen LogP contribution is 2.23. The number of carbonyl (C=O) groups excluding carboxylic acids is 1. The molecule has 7 nitrogen and oxygen atoms in total. The van der Waals surface area contributed by atoms with Crippen LogP contribution in [0.3, 0.4) is 0 Å². The SMILES string of the molecule is CC(=O)c1cc(-c2ncc(F)c(N3CCNCC3)n2)nn1Cc1ccccc1C. The molecule has 1 aliphatic heterocycles. The van der Waals surface area contributed by atoms with Crippen molar-refractivity contribution >= 4 is 11.6 Å². The summed E-state index contributed by atoms with van der Waals surface area (Å²) in [6.45, 7) is 6.90. The zero-order chi connectivity index (χ0) is 20.4. The molecule has 1 aromatic carbocycles. The maximum absolute atomic E-state index is 14.3. The predicted octanol–water partition coefficient (Wildman–Crippen LogP) is 2.45. The molecule has 0 radical (unpaired) electrons. The van der Waals surface area contributed by atoms with Crippen LogP contribution in [0.2, 0.25) is 0 Å². The average Bonchev–Trinajstić information content (AvgIpc) is 3.15. The van der Waals surface area contributed by atoms with Gasteiger partial charge in [0.2, 0.25) is 0 Å². The van der Waals surface area contributed by atoms with Crippen LogP contribution >= 0.6 is 0 Å². The Bertz CT molecular complexity index is 1040. The first-order valence-corrected chi connectivity index (χ1v) is 9.65. The van der Waals surface area contributed by atoms with Crippen molar-refractivity contribution in [1.82, 2.24) is 25.1 Å². The van der Waals surface area contributed by atoms with Crippen LogP contribution < -0.4 is 10.2 Å². The Morgan fingerprint density at radius 3 is 2.72 bits per heavy atom. The zero-order valence-corrected chi connectivity index (χ0v) is 16.5. The molecule has 2 aromatic heterocycles. The number of halogens is 1. The monoisotopic (exact) mass is 394 g/mol. The van der Waals surface area contributed by atoms with E-state index in [9.17, 15) is 9.18 Å². The first kappa shape index (κ1) is 19.2. The van der Waals surface area contributed by atoms with Gasteiger partial charge in [0.05, 0.1) is 12.7 Å². The van der Waals surface area contributed by atoms with E-state index < -0.39 is 5.82 Å². The number of hydrogen-bond acceptors (Lipinski definition) is 6. The van der Waals surface area contributed by atoms with E-state index in [0.29, 0.717) is 36.8 Å². The number of ketones is 1. The molecule has 0 bridgehead atoms. The van der Waals surface area contributed by atoms with E-state index in [4.69, 9.17) is 0 Å². The highest BCUT2D eigenvalue weighted by atomic mass is 19.1. The maximum Gasteiger partial charge on any atom is 0.183 e. The summed E-state index contributed by atoms with van der Waals surface area (Å²) >= 11 is 0. The Kier molecular flexibility index (Phi) is 5.35. The third-order valence-electron chi connectivity index (χ3n) is 5.09. The van der Waals surface area contributed by atoms with Gasteiger partial charge in [0.15, 0.2) is 23.2 Å². The van der Waals surface area contributed by atoms with Crippen molar-refractivity contribution in [3.63, 3.8) is 0 Å². The van der Waals surface area contributed by atoms with Crippen molar-refractivity contribution in [3.05, 3.63) is 59.2 Å². The van der Waals surface area contributed by atoms with Gasteiger partial charge in [-0.05, 0) is 24.1 Å². The second kappa shape index (κ2) is 8.08. The van der Waals surface area contributed by atoms with Gasteiger partial charge in [0.1, 0.15) is 11.4 Å². The summed E-state index contributed by atoms with van der Waals surface area (Å²) < 4.78 is 16.0. The lowest BCUT2D eigenvalue weighted by Crippen LogP contribution is -2.44. The lowest BCUT2D eigenvalue weighted by atomic mass is 10.1. The largest absolute Gasteiger partial charge is 0.352 e. The van der Waals surface area contributed by atoms with Crippen LogP contribution in [0.5, 0.6) is 0 Å². The number of piperazine rings is 1. The van der Waals surface area contributed by atoms with Crippen molar-refractivity contribution < 1.29 is 9.18 Å². The minimum Gasteiger partial charge on any atom is -0.352 e. The predicted molar refractivity (Wildman–Crippen MR) is 109 cm³/mol. The molecule has 3 heterocycles. The Labute approximate surface area is 168 Å². The van der Waals surface area contributed by atoms with Crippen LogP contribution in [0, 0.1) is 12.7 Å². The Morgan fingerprint density at radius 1 is 1.24 bits per heavy atom. The van der Waals surface area contributed by atoms with Crippen LogP contribution in [0.15, 0.2) is 36.5 Å². The fourth-order valence-electron chi connectivity index (χ4n) is 3.46. The molecule has 4 rings (SSSR count). The van der Waals surface area contributed by atoms with Crippen LogP contribution in [0.4, 0.5) is 10.2 Å².